The minimum absolute atomic E-state index is 0.0785. The third-order valence-electron chi connectivity index (χ3n) is 6.22. The van der Waals surface area contributed by atoms with Gasteiger partial charge in [-0.1, -0.05) is 36.4 Å². The first-order chi connectivity index (χ1) is 16.3. The van der Waals surface area contributed by atoms with Crippen molar-refractivity contribution in [3.05, 3.63) is 65.2 Å². The van der Waals surface area contributed by atoms with Crippen LogP contribution in [0.2, 0.25) is 0 Å². The quantitative estimate of drug-likeness (QED) is 0.719. The van der Waals surface area contributed by atoms with Crippen molar-refractivity contribution in [2.45, 2.75) is 38.3 Å². The standard InChI is InChI=1S/C26H34N4O4/c1-26(2,3)34-25(32)29-12-13-30(22(17-29)18-8-6-5-7-9-18)24(31)19-10-11-21(23(14-19)33-4)20-15-27-28-16-20/h5-11,14,20,22,27-28H,12-13,15-17H2,1-4H3. The molecule has 0 radical (unpaired) electrons. The van der Waals surface area contributed by atoms with Crippen molar-refractivity contribution in [1.82, 2.24) is 20.7 Å². The van der Waals surface area contributed by atoms with Crippen LogP contribution in [0.1, 0.15) is 54.2 Å². The summed E-state index contributed by atoms with van der Waals surface area (Å²) in [4.78, 5) is 30.0. The summed E-state index contributed by atoms with van der Waals surface area (Å²) in [6.07, 6.45) is -0.356. The minimum atomic E-state index is -0.574. The number of nitrogens with one attached hydrogen (secondary N) is 2. The Morgan fingerprint density at radius 1 is 1.00 bits per heavy atom. The first-order valence-corrected chi connectivity index (χ1v) is 11.7. The molecule has 1 unspecified atom stereocenters. The molecular formula is C26H34N4O4. The number of hydrogen-bond acceptors (Lipinski definition) is 6. The summed E-state index contributed by atoms with van der Waals surface area (Å²) in [5.74, 6) is 0.920. The lowest BCUT2D eigenvalue weighted by Gasteiger charge is -2.42. The predicted molar refractivity (Wildman–Crippen MR) is 130 cm³/mol. The molecule has 0 spiro atoms. The number of hydrogen-bond donors (Lipinski definition) is 2. The number of carbonyl (C=O) groups excluding carboxylic acids is 2. The van der Waals surface area contributed by atoms with Gasteiger partial charge in [-0.3, -0.25) is 15.6 Å². The van der Waals surface area contributed by atoms with Gasteiger partial charge in [0.05, 0.1) is 13.2 Å². The first kappa shape index (κ1) is 24.0. The molecule has 2 N–H and O–H groups in total. The molecule has 0 saturated carbocycles. The van der Waals surface area contributed by atoms with Crippen LogP contribution in [0.25, 0.3) is 0 Å². The zero-order valence-corrected chi connectivity index (χ0v) is 20.3. The fourth-order valence-electron chi connectivity index (χ4n) is 4.51. The number of rotatable bonds is 4. The average Bonchev–Trinajstić information content (AvgIpc) is 3.37. The maximum absolute atomic E-state index is 13.7. The molecule has 0 aliphatic carbocycles. The number of methoxy groups -OCH3 is 1. The topological polar surface area (TPSA) is 83.1 Å². The monoisotopic (exact) mass is 466 g/mol. The van der Waals surface area contributed by atoms with Crippen molar-refractivity contribution in [2.24, 2.45) is 0 Å². The van der Waals surface area contributed by atoms with Crippen LogP contribution < -0.4 is 15.6 Å². The zero-order chi connectivity index (χ0) is 24.3. The van der Waals surface area contributed by atoms with Gasteiger partial charge in [-0.25, -0.2) is 4.79 Å². The van der Waals surface area contributed by atoms with Gasteiger partial charge in [0, 0.05) is 44.2 Å². The number of benzene rings is 2. The van der Waals surface area contributed by atoms with Crippen LogP contribution in [0.15, 0.2) is 48.5 Å². The molecule has 2 fully saturated rings. The van der Waals surface area contributed by atoms with Crippen molar-refractivity contribution < 1.29 is 19.1 Å². The molecule has 1 atom stereocenters. The van der Waals surface area contributed by atoms with Crippen molar-refractivity contribution in [3.63, 3.8) is 0 Å². The van der Waals surface area contributed by atoms with E-state index in [1.54, 1.807) is 12.0 Å². The number of piperazine rings is 1. The molecule has 8 nitrogen and oxygen atoms in total. The van der Waals surface area contributed by atoms with E-state index in [2.05, 4.69) is 10.9 Å². The largest absolute Gasteiger partial charge is 0.496 e. The smallest absolute Gasteiger partial charge is 0.410 e. The van der Waals surface area contributed by atoms with E-state index in [-0.39, 0.29) is 24.0 Å². The van der Waals surface area contributed by atoms with E-state index in [0.717, 1.165) is 24.2 Å². The number of hydrazine groups is 1. The van der Waals surface area contributed by atoms with Crippen molar-refractivity contribution in [3.8, 4) is 5.75 Å². The Kier molecular flexibility index (Phi) is 7.09. The fraction of sp³-hybridized carbons (Fsp3) is 0.462. The molecule has 2 aliphatic rings. The lowest BCUT2D eigenvalue weighted by Crippen LogP contribution is -2.53. The maximum Gasteiger partial charge on any atom is 0.410 e. The predicted octanol–water partition coefficient (Wildman–Crippen LogP) is 3.32. The molecular weight excluding hydrogens is 432 g/mol. The second-order valence-electron chi connectivity index (χ2n) is 9.77. The van der Waals surface area contributed by atoms with Crippen LogP contribution in [0.3, 0.4) is 0 Å². The molecule has 2 saturated heterocycles. The Bertz CT molecular complexity index is 1020. The Balaban J connectivity index is 1.59. The molecule has 4 rings (SSSR count). The van der Waals surface area contributed by atoms with Crippen molar-refractivity contribution >= 4 is 12.0 Å². The molecule has 2 aromatic carbocycles. The fourth-order valence-corrected chi connectivity index (χ4v) is 4.51. The van der Waals surface area contributed by atoms with E-state index < -0.39 is 5.60 Å². The van der Waals surface area contributed by atoms with Crippen LogP contribution in [0.5, 0.6) is 5.75 Å². The second kappa shape index (κ2) is 10.0. The van der Waals surface area contributed by atoms with E-state index in [1.807, 2.05) is 74.2 Å². The van der Waals surface area contributed by atoms with Crippen molar-refractivity contribution in [2.75, 3.05) is 39.8 Å². The van der Waals surface area contributed by atoms with Crippen LogP contribution in [0.4, 0.5) is 4.79 Å². The zero-order valence-electron chi connectivity index (χ0n) is 20.3. The Labute approximate surface area is 201 Å². The highest BCUT2D eigenvalue weighted by Gasteiger charge is 2.36. The maximum atomic E-state index is 13.7. The minimum Gasteiger partial charge on any atom is -0.496 e. The van der Waals surface area contributed by atoms with Gasteiger partial charge in [0.1, 0.15) is 11.4 Å². The molecule has 2 aromatic rings. The summed E-state index contributed by atoms with van der Waals surface area (Å²) < 4.78 is 11.2. The van der Waals surface area contributed by atoms with Gasteiger partial charge >= 0.3 is 6.09 Å². The van der Waals surface area contributed by atoms with Crippen LogP contribution >= 0.6 is 0 Å². The molecule has 2 aliphatic heterocycles. The molecule has 2 amide bonds. The SMILES string of the molecule is COc1cc(C(=O)N2CCN(C(=O)OC(C)(C)C)CC2c2ccccc2)ccc1C1CNNC1. The third kappa shape index (κ3) is 5.34. The summed E-state index contributed by atoms with van der Waals surface area (Å²) in [6.45, 7) is 8.39. The van der Waals surface area contributed by atoms with Gasteiger partial charge in [0.25, 0.3) is 5.91 Å². The summed E-state index contributed by atoms with van der Waals surface area (Å²) in [7, 11) is 1.63. The summed E-state index contributed by atoms with van der Waals surface area (Å²) in [5, 5.41) is 0. The highest BCUT2D eigenvalue weighted by atomic mass is 16.6. The molecule has 2 heterocycles. The van der Waals surface area contributed by atoms with Gasteiger partial charge in [0.2, 0.25) is 0 Å². The van der Waals surface area contributed by atoms with E-state index in [9.17, 15) is 9.59 Å². The molecule has 8 heteroatoms. The van der Waals surface area contributed by atoms with Gasteiger partial charge in [-0.2, -0.15) is 0 Å². The Morgan fingerprint density at radius 3 is 2.35 bits per heavy atom. The Morgan fingerprint density at radius 2 is 1.71 bits per heavy atom. The third-order valence-corrected chi connectivity index (χ3v) is 6.22. The van der Waals surface area contributed by atoms with Gasteiger partial charge in [0.15, 0.2) is 0 Å². The summed E-state index contributed by atoms with van der Waals surface area (Å²) in [5.41, 5.74) is 8.34. The number of carbonyl (C=O) groups is 2. The first-order valence-electron chi connectivity index (χ1n) is 11.7. The van der Waals surface area contributed by atoms with Crippen LogP contribution in [0, 0.1) is 0 Å². The Hall–Kier alpha value is -3.10. The van der Waals surface area contributed by atoms with Crippen molar-refractivity contribution in [1.29, 1.82) is 0 Å². The second-order valence-corrected chi connectivity index (χ2v) is 9.77. The lowest BCUT2D eigenvalue weighted by atomic mass is 9.96. The van der Waals surface area contributed by atoms with Gasteiger partial charge < -0.3 is 19.3 Å². The van der Waals surface area contributed by atoms with Gasteiger partial charge in [-0.05, 0) is 44.0 Å². The lowest BCUT2D eigenvalue weighted by molar-refractivity contribution is 0.00408. The van der Waals surface area contributed by atoms with E-state index >= 15 is 0 Å². The van der Waals surface area contributed by atoms with E-state index in [4.69, 9.17) is 9.47 Å². The summed E-state index contributed by atoms with van der Waals surface area (Å²) >= 11 is 0. The molecule has 0 aromatic heterocycles. The molecule has 0 bridgehead atoms. The van der Waals surface area contributed by atoms with E-state index in [0.29, 0.717) is 30.9 Å². The van der Waals surface area contributed by atoms with Crippen LogP contribution in [-0.4, -0.2) is 67.2 Å². The highest BCUT2D eigenvalue weighted by Crippen LogP contribution is 2.32. The number of nitrogens with zero attached hydrogens (tertiary/aromatic N) is 2. The average molecular weight is 467 g/mol. The summed E-state index contributed by atoms with van der Waals surface area (Å²) in [6, 6.07) is 15.3. The van der Waals surface area contributed by atoms with E-state index in [1.165, 1.54) is 0 Å². The number of amides is 2. The number of ether oxygens (including phenoxy) is 2. The van der Waals surface area contributed by atoms with Gasteiger partial charge in [-0.15, -0.1) is 0 Å². The molecule has 34 heavy (non-hydrogen) atoms. The van der Waals surface area contributed by atoms with Crippen LogP contribution in [-0.2, 0) is 4.74 Å². The normalized spacial score (nSPS) is 19.2. The molecule has 182 valence electrons. The highest BCUT2D eigenvalue weighted by molar-refractivity contribution is 5.95.